The summed E-state index contributed by atoms with van der Waals surface area (Å²) in [5.41, 5.74) is 0.495. The van der Waals surface area contributed by atoms with E-state index in [1.54, 1.807) is 0 Å². The third kappa shape index (κ3) is 4.54. The Morgan fingerprint density at radius 1 is 1.27 bits per heavy atom. The molecule has 8 heteroatoms. The standard InChI is InChI=1S/C18H17N3O4S/c1-2-6-16-20-21-18(26-16)19-17(23)14-9-13(22)15(11-25-14)24-10-12-7-4-3-5-8-12/h3-5,7-9,11H,2,6,10H2,1H3,(H,19,21,23). The van der Waals surface area contributed by atoms with Gasteiger partial charge in [-0.05, 0) is 12.0 Å². The van der Waals surface area contributed by atoms with Crippen LogP contribution in [0, 0.1) is 0 Å². The Morgan fingerprint density at radius 3 is 2.81 bits per heavy atom. The lowest BCUT2D eigenvalue weighted by Gasteiger charge is -2.05. The van der Waals surface area contributed by atoms with Gasteiger partial charge in [0.25, 0.3) is 5.91 Å². The number of aryl methyl sites for hydroxylation is 1. The quantitative estimate of drug-likeness (QED) is 0.685. The zero-order chi connectivity index (χ0) is 18.4. The largest absolute Gasteiger partial charge is 0.482 e. The molecule has 1 aromatic carbocycles. The minimum atomic E-state index is -0.559. The highest BCUT2D eigenvalue weighted by Crippen LogP contribution is 2.17. The van der Waals surface area contributed by atoms with Crippen molar-refractivity contribution in [2.45, 2.75) is 26.4 Å². The Labute approximate surface area is 153 Å². The van der Waals surface area contributed by atoms with Crippen molar-refractivity contribution in [1.29, 1.82) is 0 Å². The van der Waals surface area contributed by atoms with Crippen LogP contribution in [-0.2, 0) is 13.0 Å². The van der Waals surface area contributed by atoms with Crippen molar-refractivity contribution in [3.8, 4) is 5.75 Å². The highest BCUT2D eigenvalue weighted by Gasteiger charge is 2.14. The molecule has 0 aliphatic rings. The zero-order valence-corrected chi connectivity index (χ0v) is 14.9. The number of benzene rings is 1. The lowest BCUT2D eigenvalue weighted by molar-refractivity contribution is 0.0993. The lowest BCUT2D eigenvalue weighted by Crippen LogP contribution is -2.15. The molecule has 1 amide bonds. The summed E-state index contributed by atoms with van der Waals surface area (Å²) in [5.74, 6) is -0.628. The topological polar surface area (TPSA) is 94.3 Å². The van der Waals surface area contributed by atoms with Gasteiger partial charge >= 0.3 is 0 Å². The summed E-state index contributed by atoms with van der Waals surface area (Å²) in [6.07, 6.45) is 2.89. The average molecular weight is 371 g/mol. The van der Waals surface area contributed by atoms with Crippen LogP contribution >= 0.6 is 11.3 Å². The molecular formula is C18H17N3O4S. The summed E-state index contributed by atoms with van der Waals surface area (Å²) in [6.45, 7) is 2.28. The maximum atomic E-state index is 12.2. The predicted octanol–water partition coefficient (Wildman–Crippen LogP) is 3.28. The number of aromatic nitrogens is 2. The molecule has 7 nitrogen and oxygen atoms in total. The molecule has 0 aliphatic carbocycles. The molecule has 3 aromatic rings. The van der Waals surface area contributed by atoms with Gasteiger partial charge in [0.05, 0.1) is 0 Å². The molecule has 0 radical (unpaired) electrons. The number of hydrogen-bond acceptors (Lipinski definition) is 7. The van der Waals surface area contributed by atoms with E-state index in [4.69, 9.17) is 9.15 Å². The number of amides is 1. The van der Waals surface area contributed by atoms with Gasteiger partial charge in [0.2, 0.25) is 16.3 Å². The van der Waals surface area contributed by atoms with Gasteiger partial charge in [0, 0.05) is 12.5 Å². The van der Waals surface area contributed by atoms with E-state index in [-0.39, 0.29) is 18.1 Å². The van der Waals surface area contributed by atoms with E-state index < -0.39 is 11.3 Å². The minimum absolute atomic E-state index is 0.0477. The maximum Gasteiger partial charge on any atom is 0.293 e. The van der Waals surface area contributed by atoms with Crippen LogP contribution in [-0.4, -0.2) is 16.1 Å². The number of rotatable bonds is 7. The van der Waals surface area contributed by atoms with Crippen LogP contribution in [0.5, 0.6) is 5.75 Å². The Hall–Kier alpha value is -3.00. The summed E-state index contributed by atoms with van der Waals surface area (Å²) in [5, 5.41) is 11.7. The normalized spacial score (nSPS) is 10.5. The summed E-state index contributed by atoms with van der Waals surface area (Å²) < 4.78 is 10.7. The molecule has 26 heavy (non-hydrogen) atoms. The number of ether oxygens (including phenoxy) is 1. The van der Waals surface area contributed by atoms with E-state index in [0.717, 1.165) is 35.7 Å². The highest BCUT2D eigenvalue weighted by atomic mass is 32.1. The van der Waals surface area contributed by atoms with Gasteiger partial charge in [-0.2, -0.15) is 0 Å². The molecule has 3 rings (SSSR count). The van der Waals surface area contributed by atoms with E-state index in [0.29, 0.717) is 5.13 Å². The van der Waals surface area contributed by atoms with E-state index in [2.05, 4.69) is 15.5 Å². The molecule has 0 saturated carbocycles. The number of carbonyl (C=O) groups is 1. The minimum Gasteiger partial charge on any atom is -0.482 e. The number of nitrogens with one attached hydrogen (secondary N) is 1. The van der Waals surface area contributed by atoms with Crippen LogP contribution in [0.1, 0.15) is 34.5 Å². The van der Waals surface area contributed by atoms with Gasteiger partial charge < -0.3 is 9.15 Å². The second-order valence-electron chi connectivity index (χ2n) is 5.45. The van der Waals surface area contributed by atoms with Gasteiger partial charge in [0.1, 0.15) is 17.9 Å². The number of anilines is 1. The van der Waals surface area contributed by atoms with E-state index in [1.165, 1.54) is 11.3 Å². The zero-order valence-electron chi connectivity index (χ0n) is 14.1. The van der Waals surface area contributed by atoms with Crippen molar-refractivity contribution < 1.29 is 13.9 Å². The summed E-state index contributed by atoms with van der Waals surface area (Å²) in [6, 6.07) is 10.5. The van der Waals surface area contributed by atoms with Gasteiger partial charge in [-0.1, -0.05) is 48.6 Å². The molecule has 0 spiro atoms. The molecule has 0 saturated heterocycles. The molecule has 2 heterocycles. The molecular weight excluding hydrogens is 354 g/mol. The fourth-order valence-electron chi connectivity index (χ4n) is 2.14. The summed E-state index contributed by atoms with van der Waals surface area (Å²) >= 11 is 1.29. The van der Waals surface area contributed by atoms with E-state index >= 15 is 0 Å². The van der Waals surface area contributed by atoms with Gasteiger partial charge in [-0.15, -0.1) is 10.2 Å². The molecule has 0 bridgehead atoms. The predicted molar refractivity (Wildman–Crippen MR) is 97.6 cm³/mol. The third-order valence-electron chi connectivity index (χ3n) is 3.41. The first-order valence-corrected chi connectivity index (χ1v) is 8.90. The number of carbonyl (C=O) groups excluding carboxylic acids is 1. The first kappa shape index (κ1) is 17.8. The third-order valence-corrected chi connectivity index (χ3v) is 4.31. The lowest BCUT2D eigenvalue weighted by atomic mass is 10.2. The monoisotopic (exact) mass is 371 g/mol. The maximum absolute atomic E-state index is 12.2. The van der Waals surface area contributed by atoms with Crippen LogP contribution in [0.15, 0.2) is 51.9 Å². The van der Waals surface area contributed by atoms with Gasteiger partial charge in [0.15, 0.2) is 5.76 Å². The van der Waals surface area contributed by atoms with Crippen molar-refractivity contribution in [2.24, 2.45) is 0 Å². The van der Waals surface area contributed by atoms with Gasteiger partial charge in [-0.25, -0.2) is 0 Å². The van der Waals surface area contributed by atoms with Crippen LogP contribution in [0.2, 0.25) is 0 Å². The SMILES string of the molecule is CCCc1nnc(NC(=O)c2cc(=O)c(OCc3ccccc3)co2)s1. The fourth-order valence-corrected chi connectivity index (χ4v) is 2.97. The fraction of sp³-hybridized carbons (Fsp3) is 0.222. The Balaban J connectivity index is 1.64. The van der Waals surface area contributed by atoms with Crippen LogP contribution in [0.3, 0.4) is 0 Å². The summed E-state index contributed by atoms with van der Waals surface area (Å²) in [4.78, 5) is 24.3. The Kier molecular flexibility index (Phi) is 5.75. The molecule has 0 unspecified atom stereocenters. The van der Waals surface area contributed by atoms with Crippen LogP contribution in [0.4, 0.5) is 5.13 Å². The first-order chi connectivity index (χ1) is 12.7. The van der Waals surface area contributed by atoms with Gasteiger partial charge in [-0.3, -0.25) is 14.9 Å². The summed E-state index contributed by atoms with van der Waals surface area (Å²) in [7, 11) is 0. The Bertz CT molecular complexity index is 937. The van der Waals surface area contributed by atoms with Crippen molar-refractivity contribution in [3.63, 3.8) is 0 Å². The molecule has 134 valence electrons. The van der Waals surface area contributed by atoms with Crippen LogP contribution < -0.4 is 15.5 Å². The molecule has 0 fully saturated rings. The molecule has 0 aliphatic heterocycles. The van der Waals surface area contributed by atoms with Crippen molar-refractivity contribution in [2.75, 3.05) is 5.32 Å². The second kappa shape index (κ2) is 8.39. The molecule has 0 atom stereocenters. The van der Waals surface area contributed by atoms with E-state index in [9.17, 15) is 9.59 Å². The van der Waals surface area contributed by atoms with Crippen molar-refractivity contribution >= 4 is 22.4 Å². The smallest absolute Gasteiger partial charge is 0.293 e. The Morgan fingerprint density at radius 2 is 2.08 bits per heavy atom. The molecule has 1 N–H and O–H groups in total. The van der Waals surface area contributed by atoms with Crippen molar-refractivity contribution in [1.82, 2.24) is 10.2 Å². The average Bonchev–Trinajstić information content (AvgIpc) is 3.09. The highest BCUT2D eigenvalue weighted by molar-refractivity contribution is 7.15. The van der Waals surface area contributed by atoms with E-state index in [1.807, 2.05) is 37.3 Å². The number of nitrogens with zero attached hydrogens (tertiary/aromatic N) is 2. The van der Waals surface area contributed by atoms with Crippen LogP contribution in [0.25, 0.3) is 0 Å². The molecule has 2 aromatic heterocycles. The number of hydrogen-bond donors (Lipinski definition) is 1. The first-order valence-electron chi connectivity index (χ1n) is 8.09. The second-order valence-corrected chi connectivity index (χ2v) is 6.51. The van der Waals surface area contributed by atoms with Crippen molar-refractivity contribution in [3.05, 3.63) is 69.2 Å².